The highest BCUT2D eigenvalue weighted by molar-refractivity contribution is 7.09. The molecule has 0 atom stereocenters. The van der Waals surface area contributed by atoms with Crippen molar-refractivity contribution >= 4 is 23.2 Å². The van der Waals surface area contributed by atoms with Gasteiger partial charge in [0.1, 0.15) is 0 Å². The number of carbonyl (C=O) groups is 2. The zero-order chi connectivity index (χ0) is 12.4. The molecule has 0 unspecified atom stereocenters. The van der Waals surface area contributed by atoms with E-state index in [0.29, 0.717) is 19.4 Å². The number of rotatable bonds is 4. The maximum atomic E-state index is 11.8. The Morgan fingerprint density at radius 3 is 2.94 bits per heavy atom. The van der Waals surface area contributed by atoms with Crippen molar-refractivity contribution < 1.29 is 19.3 Å². The molecule has 6 heteroatoms. The summed E-state index contributed by atoms with van der Waals surface area (Å²) in [5, 5.41) is 8.88. The first-order valence-electron chi connectivity index (χ1n) is 5.54. The van der Waals surface area contributed by atoms with Crippen LogP contribution in [-0.2, 0) is 22.6 Å². The van der Waals surface area contributed by atoms with Gasteiger partial charge in [-0.2, -0.15) is 4.57 Å². The summed E-state index contributed by atoms with van der Waals surface area (Å²) < 4.78 is 1.84. The number of amides is 2. The lowest BCUT2D eigenvalue weighted by molar-refractivity contribution is -0.686. The van der Waals surface area contributed by atoms with Crippen LogP contribution < -0.4 is 4.57 Å². The van der Waals surface area contributed by atoms with E-state index in [9.17, 15) is 9.59 Å². The third-order valence-corrected chi connectivity index (χ3v) is 4.10. The zero-order valence-electron chi connectivity index (χ0n) is 9.68. The molecule has 17 heavy (non-hydrogen) atoms. The Bertz CT molecular complexity index is 456. The van der Waals surface area contributed by atoms with Gasteiger partial charge in [-0.1, -0.05) is 11.3 Å². The lowest BCUT2D eigenvalue weighted by atomic mass is 10.2. The largest absolute Gasteiger partial charge is 0.396 e. The van der Waals surface area contributed by atoms with E-state index in [1.165, 1.54) is 16.2 Å². The average molecular weight is 255 g/mol. The summed E-state index contributed by atoms with van der Waals surface area (Å²) in [6.45, 7) is 2.79. The molecule has 1 saturated heterocycles. The van der Waals surface area contributed by atoms with Crippen molar-refractivity contribution in [3.05, 3.63) is 16.1 Å². The van der Waals surface area contributed by atoms with Crippen molar-refractivity contribution in [2.24, 2.45) is 0 Å². The van der Waals surface area contributed by atoms with Crippen LogP contribution in [0.5, 0.6) is 0 Å². The number of hydrogen-bond acceptors (Lipinski definition) is 4. The summed E-state index contributed by atoms with van der Waals surface area (Å²) in [6, 6.07) is 0. The van der Waals surface area contributed by atoms with Gasteiger partial charge in [-0.15, -0.1) is 0 Å². The number of carbonyl (C=O) groups excluding carboxylic acids is 2. The van der Waals surface area contributed by atoms with E-state index in [1.54, 1.807) is 0 Å². The molecule has 0 radical (unpaired) electrons. The molecular formula is C11H15N2O3S+. The van der Waals surface area contributed by atoms with Crippen molar-refractivity contribution in [1.82, 2.24) is 4.90 Å². The van der Waals surface area contributed by atoms with Crippen LogP contribution in [0.4, 0.5) is 0 Å². The number of thiazole rings is 1. The van der Waals surface area contributed by atoms with Gasteiger partial charge in [0, 0.05) is 32.9 Å². The molecule has 1 aliphatic heterocycles. The van der Waals surface area contributed by atoms with Gasteiger partial charge in [0.2, 0.25) is 18.0 Å². The molecule has 2 amide bonds. The van der Waals surface area contributed by atoms with Crippen LogP contribution in [-0.4, -0.2) is 35.0 Å². The summed E-state index contributed by atoms with van der Waals surface area (Å²) in [5.74, 6) is -0.234. The molecule has 0 bridgehead atoms. The number of aliphatic hydroxyl groups excluding tert-OH is 1. The van der Waals surface area contributed by atoms with Crippen molar-refractivity contribution in [3.63, 3.8) is 0 Å². The Hall–Kier alpha value is -1.27. The predicted octanol–water partition coefficient (Wildman–Crippen LogP) is -0.362. The van der Waals surface area contributed by atoms with Gasteiger partial charge in [0.05, 0.1) is 4.88 Å². The number of nitrogens with zero attached hydrogens (tertiary/aromatic N) is 2. The Morgan fingerprint density at radius 2 is 2.41 bits per heavy atom. The quantitative estimate of drug-likeness (QED) is 0.590. The van der Waals surface area contributed by atoms with Crippen LogP contribution >= 0.6 is 11.3 Å². The lowest BCUT2D eigenvalue weighted by Crippen LogP contribution is -2.53. The third kappa shape index (κ3) is 2.37. The van der Waals surface area contributed by atoms with Gasteiger partial charge in [-0.3, -0.25) is 14.5 Å². The Balaban J connectivity index is 2.03. The minimum Gasteiger partial charge on any atom is -0.396 e. The first-order chi connectivity index (χ1) is 8.13. The van der Waals surface area contributed by atoms with Crippen LogP contribution in [0.25, 0.3) is 0 Å². The monoisotopic (exact) mass is 255 g/mol. The molecule has 0 aliphatic carbocycles. The second-order valence-electron chi connectivity index (χ2n) is 4.02. The first-order valence-corrected chi connectivity index (χ1v) is 6.42. The number of imide groups is 1. The SMILES string of the molecule is Cc1c(CCO)sc[n+]1CC(=O)N1CCC1=O. The summed E-state index contributed by atoms with van der Waals surface area (Å²) in [4.78, 5) is 25.3. The Morgan fingerprint density at radius 1 is 1.65 bits per heavy atom. The molecule has 1 N–H and O–H groups in total. The zero-order valence-corrected chi connectivity index (χ0v) is 10.5. The standard InChI is InChI=1S/C11H15N2O3S/c1-8-9(3-5-14)17-7-12(8)6-11(16)13-4-2-10(13)15/h7,14H,2-6H2,1H3/q+1. The van der Waals surface area contributed by atoms with Crippen molar-refractivity contribution in [2.45, 2.75) is 26.3 Å². The van der Waals surface area contributed by atoms with Gasteiger partial charge in [0.15, 0.2) is 5.69 Å². The molecule has 5 nitrogen and oxygen atoms in total. The molecular weight excluding hydrogens is 240 g/mol. The molecule has 92 valence electrons. The lowest BCUT2D eigenvalue weighted by Gasteiger charge is -2.27. The fourth-order valence-corrected chi connectivity index (χ4v) is 2.74. The minimum atomic E-state index is -0.150. The fourth-order valence-electron chi connectivity index (χ4n) is 1.76. The molecule has 0 aromatic carbocycles. The predicted molar refractivity (Wildman–Crippen MR) is 61.4 cm³/mol. The van der Waals surface area contributed by atoms with E-state index in [2.05, 4.69) is 0 Å². The number of aliphatic hydroxyl groups is 1. The van der Waals surface area contributed by atoms with Gasteiger partial charge in [0.25, 0.3) is 5.91 Å². The minimum absolute atomic E-state index is 0.0842. The topological polar surface area (TPSA) is 61.5 Å². The van der Waals surface area contributed by atoms with Crippen molar-refractivity contribution in [1.29, 1.82) is 0 Å². The second kappa shape index (κ2) is 4.93. The van der Waals surface area contributed by atoms with E-state index in [-0.39, 0.29) is 25.0 Å². The molecule has 0 spiro atoms. The summed E-state index contributed by atoms with van der Waals surface area (Å²) in [6.07, 6.45) is 1.09. The van der Waals surface area contributed by atoms with Gasteiger partial charge >= 0.3 is 0 Å². The number of aromatic nitrogens is 1. The maximum Gasteiger partial charge on any atom is 0.295 e. The average Bonchev–Trinajstić information content (AvgIpc) is 2.60. The molecule has 2 rings (SSSR count). The number of β-lactam (4-membered cyclic amide) rings is 1. The molecule has 1 aromatic heterocycles. The van der Waals surface area contributed by atoms with Crippen LogP contribution in [0.2, 0.25) is 0 Å². The Kier molecular flexibility index (Phi) is 3.54. The van der Waals surface area contributed by atoms with Gasteiger partial charge in [-0.05, 0) is 0 Å². The van der Waals surface area contributed by atoms with E-state index in [4.69, 9.17) is 5.11 Å². The number of hydrogen-bond donors (Lipinski definition) is 1. The fraction of sp³-hybridized carbons (Fsp3) is 0.545. The summed E-state index contributed by atoms with van der Waals surface area (Å²) in [7, 11) is 0. The molecule has 2 heterocycles. The maximum absolute atomic E-state index is 11.8. The number of likely N-dealkylation sites (tertiary alicyclic amines) is 1. The van der Waals surface area contributed by atoms with Crippen molar-refractivity contribution in [3.8, 4) is 0 Å². The van der Waals surface area contributed by atoms with Crippen LogP contribution in [0.1, 0.15) is 17.0 Å². The van der Waals surface area contributed by atoms with Crippen molar-refractivity contribution in [2.75, 3.05) is 13.2 Å². The molecule has 1 aromatic rings. The molecule has 0 saturated carbocycles. The highest BCUT2D eigenvalue weighted by atomic mass is 32.1. The van der Waals surface area contributed by atoms with Crippen LogP contribution in [0.3, 0.4) is 0 Å². The normalized spacial score (nSPS) is 14.9. The van der Waals surface area contributed by atoms with E-state index in [1.807, 2.05) is 17.0 Å². The first kappa shape index (κ1) is 12.2. The van der Waals surface area contributed by atoms with Gasteiger partial charge < -0.3 is 5.11 Å². The Labute approximate surface area is 103 Å². The van der Waals surface area contributed by atoms with Crippen LogP contribution in [0, 0.1) is 6.92 Å². The molecule has 1 aliphatic rings. The van der Waals surface area contributed by atoms with E-state index in [0.717, 1.165) is 10.6 Å². The van der Waals surface area contributed by atoms with Crippen LogP contribution in [0.15, 0.2) is 5.51 Å². The van der Waals surface area contributed by atoms with E-state index < -0.39 is 0 Å². The molecule has 1 fully saturated rings. The van der Waals surface area contributed by atoms with Gasteiger partial charge in [-0.25, -0.2) is 0 Å². The summed E-state index contributed by atoms with van der Waals surface area (Å²) in [5.41, 5.74) is 2.85. The third-order valence-electron chi connectivity index (χ3n) is 2.95. The van der Waals surface area contributed by atoms with E-state index >= 15 is 0 Å². The highest BCUT2D eigenvalue weighted by Crippen LogP contribution is 2.12. The smallest absolute Gasteiger partial charge is 0.295 e. The second-order valence-corrected chi connectivity index (χ2v) is 4.96. The highest BCUT2D eigenvalue weighted by Gasteiger charge is 2.32. The summed E-state index contributed by atoms with van der Waals surface area (Å²) >= 11 is 1.53.